The van der Waals surface area contributed by atoms with Crippen molar-refractivity contribution in [2.45, 2.75) is 32.1 Å². The first-order chi connectivity index (χ1) is 6.35. The van der Waals surface area contributed by atoms with Crippen LogP contribution in [0.3, 0.4) is 0 Å². The maximum Gasteiger partial charge on any atom is 0.123 e. The second-order valence-electron chi connectivity index (χ2n) is 3.36. The van der Waals surface area contributed by atoms with Crippen LogP contribution in [-0.2, 0) is 4.79 Å². The molecule has 0 aliphatic carbocycles. The Balaban J connectivity index is 3.36. The fourth-order valence-corrected chi connectivity index (χ4v) is 1.32. The van der Waals surface area contributed by atoms with Crippen LogP contribution in [0.1, 0.15) is 32.1 Å². The molecule has 76 valence electrons. The number of rotatable bonds is 9. The molecule has 0 unspecified atom stereocenters. The third kappa shape index (κ3) is 7.72. The van der Waals surface area contributed by atoms with Gasteiger partial charge in [-0.25, -0.2) is 0 Å². The molecule has 1 N–H and O–H groups in total. The van der Waals surface area contributed by atoms with Gasteiger partial charge >= 0.3 is 0 Å². The molecule has 0 radical (unpaired) electrons. The highest BCUT2D eigenvalue weighted by atomic mass is 16.1. The van der Waals surface area contributed by atoms with Crippen LogP contribution in [0.25, 0.3) is 0 Å². The summed E-state index contributed by atoms with van der Waals surface area (Å²) in [7, 11) is 1.95. The van der Waals surface area contributed by atoms with Gasteiger partial charge in [-0.05, 0) is 39.3 Å². The third-order valence-corrected chi connectivity index (χ3v) is 2.19. The van der Waals surface area contributed by atoms with Crippen molar-refractivity contribution < 1.29 is 4.79 Å². The number of unbranched alkanes of at least 4 members (excludes halogenated alkanes) is 1. The van der Waals surface area contributed by atoms with Gasteiger partial charge < -0.3 is 10.1 Å². The second kappa shape index (κ2) is 9.46. The van der Waals surface area contributed by atoms with Crippen molar-refractivity contribution in [2.75, 3.05) is 13.6 Å². The van der Waals surface area contributed by atoms with Crippen LogP contribution in [0.15, 0.2) is 12.7 Å². The molecule has 0 aromatic rings. The Morgan fingerprint density at radius 3 is 2.69 bits per heavy atom. The monoisotopic (exact) mass is 183 g/mol. The standard InChI is InChI=1S/C11H21NO/c1-3-4-7-11(10-13)8-5-6-9-12-2/h3,10-12H,1,4-9H2,2H3/t11-/m0/s1. The molecular weight excluding hydrogens is 162 g/mol. The summed E-state index contributed by atoms with van der Waals surface area (Å²) >= 11 is 0. The van der Waals surface area contributed by atoms with Crippen molar-refractivity contribution in [2.24, 2.45) is 5.92 Å². The highest BCUT2D eigenvalue weighted by Crippen LogP contribution is 2.12. The van der Waals surface area contributed by atoms with E-state index < -0.39 is 0 Å². The molecule has 0 fully saturated rings. The summed E-state index contributed by atoms with van der Waals surface area (Å²) in [4.78, 5) is 10.6. The zero-order valence-corrected chi connectivity index (χ0v) is 8.59. The van der Waals surface area contributed by atoms with Crippen LogP contribution in [0, 0.1) is 5.92 Å². The van der Waals surface area contributed by atoms with Crippen LogP contribution in [0.2, 0.25) is 0 Å². The average molecular weight is 183 g/mol. The van der Waals surface area contributed by atoms with Crippen LogP contribution in [-0.4, -0.2) is 19.9 Å². The Kier molecular flexibility index (Phi) is 9.00. The average Bonchev–Trinajstić information content (AvgIpc) is 2.17. The van der Waals surface area contributed by atoms with Gasteiger partial charge in [-0.15, -0.1) is 6.58 Å². The Morgan fingerprint density at radius 2 is 2.15 bits per heavy atom. The number of allylic oxidation sites excluding steroid dienone is 1. The largest absolute Gasteiger partial charge is 0.320 e. The van der Waals surface area contributed by atoms with Crippen molar-refractivity contribution in [3.8, 4) is 0 Å². The zero-order chi connectivity index (χ0) is 9.94. The molecule has 0 aliphatic rings. The molecular formula is C11H21NO. The summed E-state index contributed by atoms with van der Waals surface area (Å²) in [5, 5.41) is 3.10. The lowest BCUT2D eigenvalue weighted by molar-refractivity contribution is -0.111. The van der Waals surface area contributed by atoms with Crippen molar-refractivity contribution in [1.82, 2.24) is 5.32 Å². The van der Waals surface area contributed by atoms with Gasteiger partial charge in [0.15, 0.2) is 0 Å². The first kappa shape index (κ1) is 12.4. The van der Waals surface area contributed by atoms with E-state index in [1.807, 2.05) is 13.1 Å². The van der Waals surface area contributed by atoms with Gasteiger partial charge in [-0.2, -0.15) is 0 Å². The summed E-state index contributed by atoms with van der Waals surface area (Å²) in [6, 6.07) is 0. The minimum atomic E-state index is 0.245. The lowest BCUT2D eigenvalue weighted by Crippen LogP contribution is -2.08. The van der Waals surface area contributed by atoms with Crippen LogP contribution in [0.5, 0.6) is 0 Å². The highest BCUT2D eigenvalue weighted by molar-refractivity contribution is 5.53. The summed E-state index contributed by atoms with van der Waals surface area (Å²) in [6.07, 6.45) is 8.21. The predicted octanol–water partition coefficient (Wildman–Crippen LogP) is 2.16. The molecule has 0 aromatic heterocycles. The lowest BCUT2D eigenvalue weighted by Gasteiger charge is -2.07. The van der Waals surface area contributed by atoms with Gasteiger partial charge in [0.1, 0.15) is 6.29 Å². The molecule has 0 saturated carbocycles. The van der Waals surface area contributed by atoms with E-state index in [9.17, 15) is 4.79 Å². The SMILES string of the molecule is C=CCC[C@H](C=O)CCCCNC. The maximum absolute atomic E-state index is 10.6. The topological polar surface area (TPSA) is 29.1 Å². The van der Waals surface area contributed by atoms with E-state index in [1.165, 1.54) is 0 Å². The van der Waals surface area contributed by atoms with Crippen LogP contribution >= 0.6 is 0 Å². The van der Waals surface area contributed by atoms with Crippen molar-refractivity contribution in [3.05, 3.63) is 12.7 Å². The first-order valence-corrected chi connectivity index (χ1v) is 5.06. The minimum absolute atomic E-state index is 0.245. The normalized spacial score (nSPS) is 12.4. The molecule has 0 rings (SSSR count). The van der Waals surface area contributed by atoms with Crippen molar-refractivity contribution in [1.29, 1.82) is 0 Å². The van der Waals surface area contributed by atoms with Crippen LogP contribution in [0.4, 0.5) is 0 Å². The second-order valence-corrected chi connectivity index (χ2v) is 3.36. The fourth-order valence-electron chi connectivity index (χ4n) is 1.32. The van der Waals surface area contributed by atoms with E-state index in [0.29, 0.717) is 0 Å². The summed E-state index contributed by atoms with van der Waals surface area (Å²) in [5.41, 5.74) is 0. The highest BCUT2D eigenvalue weighted by Gasteiger charge is 2.04. The first-order valence-electron chi connectivity index (χ1n) is 5.06. The number of hydrogen-bond donors (Lipinski definition) is 1. The van der Waals surface area contributed by atoms with E-state index in [0.717, 1.165) is 44.9 Å². The Bertz CT molecular complexity index is 134. The lowest BCUT2D eigenvalue weighted by atomic mass is 9.98. The fraction of sp³-hybridized carbons (Fsp3) is 0.727. The molecule has 1 atom stereocenters. The quantitative estimate of drug-likeness (QED) is 0.337. The van der Waals surface area contributed by atoms with E-state index in [1.54, 1.807) is 0 Å². The molecule has 2 heteroatoms. The van der Waals surface area contributed by atoms with Crippen LogP contribution < -0.4 is 5.32 Å². The summed E-state index contributed by atoms with van der Waals surface area (Å²) in [5.74, 6) is 0.245. The van der Waals surface area contributed by atoms with Gasteiger partial charge in [0.25, 0.3) is 0 Å². The number of carbonyl (C=O) groups is 1. The van der Waals surface area contributed by atoms with Gasteiger partial charge in [0, 0.05) is 5.92 Å². The molecule has 0 saturated heterocycles. The molecule has 0 aliphatic heterocycles. The minimum Gasteiger partial charge on any atom is -0.320 e. The van der Waals surface area contributed by atoms with E-state index in [-0.39, 0.29) is 5.92 Å². The number of hydrogen-bond acceptors (Lipinski definition) is 2. The van der Waals surface area contributed by atoms with Crippen molar-refractivity contribution in [3.63, 3.8) is 0 Å². The summed E-state index contributed by atoms with van der Waals surface area (Å²) in [6.45, 7) is 4.70. The predicted molar refractivity (Wildman–Crippen MR) is 56.8 cm³/mol. The van der Waals surface area contributed by atoms with Gasteiger partial charge in [0.2, 0.25) is 0 Å². The maximum atomic E-state index is 10.6. The number of nitrogens with one attached hydrogen (secondary N) is 1. The third-order valence-electron chi connectivity index (χ3n) is 2.19. The van der Waals surface area contributed by atoms with Gasteiger partial charge in [0.05, 0.1) is 0 Å². The molecule has 0 heterocycles. The molecule has 13 heavy (non-hydrogen) atoms. The molecule has 0 amide bonds. The smallest absolute Gasteiger partial charge is 0.123 e. The van der Waals surface area contributed by atoms with E-state index >= 15 is 0 Å². The zero-order valence-electron chi connectivity index (χ0n) is 8.59. The molecule has 0 spiro atoms. The molecule has 0 aromatic carbocycles. The number of aldehydes is 1. The summed E-state index contributed by atoms with van der Waals surface area (Å²) < 4.78 is 0. The Hall–Kier alpha value is -0.630. The van der Waals surface area contributed by atoms with Gasteiger partial charge in [-0.3, -0.25) is 0 Å². The molecule has 0 bridgehead atoms. The van der Waals surface area contributed by atoms with Crippen molar-refractivity contribution >= 4 is 6.29 Å². The Morgan fingerprint density at radius 1 is 1.38 bits per heavy atom. The Labute approximate surface area is 81.4 Å². The van der Waals surface area contributed by atoms with E-state index in [2.05, 4.69) is 11.9 Å². The molecule has 2 nitrogen and oxygen atoms in total. The van der Waals surface area contributed by atoms with Gasteiger partial charge in [-0.1, -0.05) is 12.5 Å². The van der Waals surface area contributed by atoms with E-state index in [4.69, 9.17) is 0 Å². The number of carbonyl (C=O) groups excluding carboxylic acids is 1.